The third kappa shape index (κ3) is 4.19. The molecule has 1 aromatic rings. The standard InChI is InChI=1S/C14H17N3O2/c1-10(9-18)17-14(19)13(16-2)7-11-5-3-4-6-12(11)8-15/h3-6,9-10,13,16H,7H2,1-2H3,(H,17,19). The molecule has 2 N–H and O–H groups in total. The number of hydrogen-bond donors (Lipinski definition) is 2. The van der Waals surface area contributed by atoms with Gasteiger partial charge in [-0.2, -0.15) is 5.26 Å². The molecule has 0 aliphatic carbocycles. The quantitative estimate of drug-likeness (QED) is 0.724. The summed E-state index contributed by atoms with van der Waals surface area (Å²) >= 11 is 0. The molecule has 0 heterocycles. The van der Waals surface area contributed by atoms with E-state index in [1.807, 2.05) is 12.1 Å². The van der Waals surface area contributed by atoms with E-state index in [2.05, 4.69) is 16.7 Å². The van der Waals surface area contributed by atoms with Gasteiger partial charge in [-0.3, -0.25) is 4.79 Å². The molecule has 1 amide bonds. The van der Waals surface area contributed by atoms with Crippen molar-refractivity contribution in [3.63, 3.8) is 0 Å². The third-order valence-electron chi connectivity index (χ3n) is 2.80. The maximum absolute atomic E-state index is 11.9. The summed E-state index contributed by atoms with van der Waals surface area (Å²) in [6.07, 6.45) is 1.07. The van der Waals surface area contributed by atoms with Crippen LogP contribution in [0.1, 0.15) is 18.1 Å². The molecule has 0 aliphatic heterocycles. The van der Waals surface area contributed by atoms with Crippen LogP contribution < -0.4 is 10.6 Å². The van der Waals surface area contributed by atoms with Crippen molar-refractivity contribution in [3.8, 4) is 6.07 Å². The van der Waals surface area contributed by atoms with E-state index in [0.29, 0.717) is 18.3 Å². The fourth-order valence-electron chi connectivity index (χ4n) is 1.71. The molecule has 2 unspecified atom stereocenters. The van der Waals surface area contributed by atoms with E-state index < -0.39 is 12.1 Å². The van der Waals surface area contributed by atoms with Gasteiger partial charge < -0.3 is 15.4 Å². The van der Waals surface area contributed by atoms with Crippen molar-refractivity contribution in [1.29, 1.82) is 5.26 Å². The zero-order valence-corrected chi connectivity index (χ0v) is 11.0. The molecule has 0 radical (unpaired) electrons. The van der Waals surface area contributed by atoms with Crippen molar-refractivity contribution in [2.75, 3.05) is 7.05 Å². The minimum atomic E-state index is -0.519. The molecule has 0 spiro atoms. The fraction of sp³-hybridized carbons (Fsp3) is 0.357. The zero-order valence-electron chi connectivity index (χ0n) is 11.0. The van der Waals surface area contributed by atoms with E-state index >= 15 is 0 Å². The van der Waals surface area contributed by atoms with Crippen molar-refractivity contribution in [2.24, 2.45) is 0 Å². The zero-order chi connectivity index (χ0) is 14.3. The Bertz CT molecular complexity index is 494. The molecule has 0 aliphatic rings. The fourth-order valence-corrected chi connectivity index (χ4v) is 1.71. The van der Waals surface area contributed by atoms with Gasteiger partial charge in [0.25, 0.3) is 0 Å². The first-order chi connectivity index (χ1) is 9.12. The number of amides is 1. The first kappa shape index (κ1) is 14.9. The number of carbonyl (C=O) groups excluding carboxylic acids is 2. The second-order valence-electron chi connectivity index (χ2n) is 4.25. The molecule has 0 fully saturated rings. The highest BCUT2D eigenvalue weighted by Crippen LogP contribution is 2.10. The van der Waals surface area contributed by atoms with E-state index in [-0.39, 0.29) is 5.91 Å². The lowest BCUT2D eigenvalue weighted by Crippen LogP contribution is -2.47. The Labute approximate surface area is 112 Å². The minimum Gasteiger partial charge on any atom is -0.346 e. The number of likely N-dealkylation sites (N-methyl/N-ethyl adjacent to an activating group) is 1. The van der Waals surface area contributed by atoms with E-state index in [4.69, 9.17) is 5.26 Å². The number of carbonyl (C=O) groups is 2. The highest BCUT2D eigenvalue weighted by molar-refractivity contribution is 5.84. The number of rotatable bonds is 6. The van der Waals surface area contributed by atoms with Gasteiger partial charge in [0.15, 0.2) is 0 Å². The van der Waals surface area contributed by atoms with Gasteiger partial charge in [0.05, 0.1) is 23.7 Å². The van der Waals surface area contributed by atoms with Gasteiger partial charge in [-0.1, -0.05) is 18.2 Å². The van der Waals surface area contributed by atoms with Crippen LogP contribution in [0, 0.1) is 11.3 Å². The third-order valence-corrected chi connectivity index (χ3v) is 2.80. The Kier molecular flexibility index (Phi) is 5.71. The van der Waals surface area contributed by atoms with E-state index in [0.717, 1.165) is 5.56 Å². The monoisotopic (exact) mass is 259 g/mol. The Morgan fingerprint density at radius 2 is 2.16 bits per heavy atom. The molecule has 5 nitrogen and oxygen atoms in total. The summed E-state index contributed by atoms with van der Waals surface area (Å²) in [4.78, 5) is 22.5. The average molecular weight is 259 g/mol. The number of nitrogens with one attached hydrogen (secondary N) is 2. The van der Waals surface area contributed by atoms with Gasteiger partial charge in [0.1, 0.15) is 6.29 Å². The lowest BCUT2D eigenvalue weighted by molar-refractivity contribution is -0.125. The summed E-state index contributed by atoms with van der Waals surface area (Å²) < 4.78 is 0. The lowest BCUT2D eigenvalue weighted by Gasteiger charge is -2.18. The summed E-state index contributed by atoms with van der Waals surface area (Å²) in [6, 6.07) is 8.25. The minimum absolute atomic E-state index is 0.255. The molecular weight excluding hydrogens is 242 g/mol. The van der Waals surface area contributed by atoms with Crippen LogP contribution in [0.4, 0.5) is 0 Å². The average Bonchev–Trinajstić information content (AvgIpc) is 2.44. The Hall–Kier alpha value is -2.19. The number of nitrogens with zero attached hydrogens (tertiary/aromatic N) is 1. The summed E-state index contributed by atoms with van der Waals surface area (Å²) in [5, 5.41) is 14.5. The smallest absolute Gasteiger partial charge is 0.238 e. The Balaban J connectivity index is 2.79. The van der Waals surface area contributed by atoms with E-state index in [9.17, 15) is 9.59 Å². The summed E-state index contributed by atoms with van der Waals surface area (Å²) in [6.45, 7) is 1.61. The van der Waals surface area contributed by atoms with Gasteiger partial charge >= 0.3 is 0 Å². The van der Waals surface area contributed by atoms with Crippen molar-refractivity contribution >= 4 is 12.2 Å². The first-order valence-electron chi connectivity index (χ1n) is 6.03. The van der Waals surface area contributed by atoms with Crippen molar-refractivity contribution in [1.82, 2.24) is 10.6 Å². The summed E-state index contributed by atoms with van der Waals surface area (Å²) in [7, 11) is 1.67. The van der Waals surface area contributed by atoms with Crippen molar-refractivity contribution in [2.45, 2.75) is 25.4 Å². The van der Waals surface area contributed by atoms with Crippen LogP contribution in [0.25, 0.3) is 0 Å². The lowest BCUT2D eigenvalue weighted by atomic mass is 10.0. The number of benzene rings is 1. The topological polar surface area (TPSA) is 82.0 Å². The maximum atomic E-state index is 11.9. The molecule has 1 aromatic carbocycles. The highest BCUT2D eigenvalue weighted by atomic mass is 16.2. The molecule has 0 bridgehead atoms. The highest BCUT2D eigenvalue weighted by Gasteiger charge is 2.19. The molecule has 2 atom stereocenters. The van der Waals surface area contributed by atoms with Crippen LogP contribution in [0.2, 0.25) is 0 Å². The normalized spacial score (nSPS) is 13.1. The van der Waals surface area contributed by atoms with Crippen LogP contribution in [0.3, 0.4) is 0 Å². The van der Waals surface area contributed by atoms with Crippen LogP contribution in [-0.2, 0) is 16.0 Å². The van der Waals surface area contributed by atoms with Gasteiger partial charge in [0.2, 0.25) is 5.91 Å². The van der Waals surface area contributed by atoms with Crippen LogP contribution in [0.5, 0.6) is 0 Å². The van der Waals surface area contributed by atoms with E-state index in [1.54, 1.807) is 26.1 Å². The second-order valence-corrected chi connectivity index (χ2v) is 4.25. The van der Waals surface area contributed by atoms with Crippen molar-refractivity contribution < 1.29 is 9.59 Å². The first-order valence-corrected chi connectivity index (χ1v) is 6.03. The van der Waals surface area contributed by atoms with Gasteiger partial charge in [-0.05, 0) is 32.0 Å². The Morgan fingerprint density at radius 3 is 2.74 bits per heavy atom. The Morgan fingerprint density at radius 1 is 1.47 bits per heavy atom. The van der Waals surface area contributed by atoms with Crippen LogP contribution in [-0.4, -0.2) is 31.3 Å². The molecule has 0 aromatic heterocycles. The SMILES string of the molecule is CNC(Cc1ccccc1C#N)C(=O)NC(C)C=O. The molecule has 5 heteroatoms. The molecule has 0 saturated heterocycles. The van der Waals surface area contributed by atoms with Crippen LogP contribution >= 0.6 is 0 Å². The van der Waals surface area contributed by atoms with Gasteiger partial charge in [0, 0.05) is 0 Å². The maximum Gasteiger partial charge on any atom is 0.238 e. The van der Waals surface area contributed by atoms with Crippen molar-refractivity contribution in [3.05, 3.63) is 35.4 Å². The number of aldehydes is 1. The predicted molar refractivity (Wildman–Crippen MR) is 71.4 cm³/mol. The van der Waals surface area contributed by atoms with Gasteiger partial charge in [-0.15, -0.1) is 0 Å². The summed E-state index contributed by atoms with van der Waals surface area (Å²) in [5.41, 5.74) is 1.36. The molecule has 1 rings (SSSR count). The largest absolute Gasteiger partial charge is 0.346 e. The second kappa shape index (κ2) is 7.29. The number of nitriles is 1. The predicted octanol–water partition coefficient (Wildman–Crippen LogP) is 0.392. The number of hydrogen-bond acceptors (Lipinski definition) is 4. The molecule has 19 heavy (non-hydrogen) atoms. The molecular formula is C14H17N3O2. The molecule has 0 saturated carbocycles. The molecule has 100 valence electrons. The van der Waals surface area contributed by atoms with E-state index in [1.165, 1.54) is 0 Å². The van der Waals surface area contributed by atoms with Gasteiger partial charge in [-0.25, -0.2) is 0 Å². The summed E-state index contributed by atoms with van der Waals surface area (Å²) in [5.74, 6) is -0.255. The van der Waals surface area contributed by atoms with Crippen LogP contribution in [0.15, 0.2) is 24.3 Å².